The molecular formula is C18H24N2O3. The van der Waals surface area contributed by atoms with E-state index in [0.717, 1.165) is 31.5 Å². The fourth-order valence-corrected chi connectivity index (χ4v) is 3.27. The summed E-state index contributed by atoms with van der Waals surface area (Å²) in [6.45, 7) is 3.22. The number of hydrogen-bond donors (Lipinski definition) is 0. The van der Waals surface area contributed by atoms with E-state index < -0.39 is 0 Å². The second kappa shape index (κ2) is 7.59. The van der Waals surface area contributed by atoms with Crippen molar-refractivity contribution in [1.29, 1.82) is 0 Å². The second-order valence-electron chi connectivity index (χ2n) is 6.12. The normalized spacial score (nSPS) is 18.3. The molecule has 1 aromatic carbocycles. The number of anilines is 1. The van der Waals surface area contributed by atoms with Crippen LogP contribution in [0.2, 0.25) is 0 Å². The Morgan fingerprint density at radius 3 is 2.52 bits per heavy atom. The van der Waals surface area contributed by atoms with E-state index in [1.54, 1.807) is 4.90 Å². The van der Waals surface area contributed by atoms with Gasteiger partial charge in [0.1, 0.15) is 0 Å². The number of amides is 2. The summed E-state index contributed by atoms with van der Waals surface area (Å²) < 4.78 is 5.25. The predicted molar refractivity (Wildman–Crippen MR) is 88.4 cm³/mol. The van der Waals surface area contributed by atoms with Crippen LogP contribution in [0.1, 0.15) is 31.2 Å². The number of morpholine rings is 1. The Kier molecular flexibility index (Phi) is 5.28. The predicted octanol–water partition coefficient (Wildman–Crippen LogP) is 1.99. The first kappa shape index (κ1) is 16.0. The van der Waals surface area contributed by atoms with Crippen LogP contribution in [0.4, 0.5) is 5.69 Å². The third kappa shape index (κ3) is 3.91. The summed E-state index contributed by atoms with van der Waals surface area (Å²) in [5.74, 6) is 0.116. The number of fused-ring (bicyclic) bond motifs is 1. The summed E-state index contributed by atoms with van der Waals surface area (Å²) in [5.41, 5.74) is 2.26. The zero-order chi connectivity index (χ0) is 16.1. The molecule has 0 spiro atoms. The van der Waals surface area contributed by atoms with Crippen molar-refractivity contribution in [2.75, 3.05) is 37.7 Å². The van der Waals surface area contributed by atoms with Crippen molar-refractivity contribution in [1.82, 2.24) is 4.90 Å². The highest BCUT2D eigenvalue weighted by atomic mass is 16.5. The van der Waals surface area contributed by atoms with Crippen LogP contribution in [0.5, 0.6) is 0 Å². The molecule has 1 fully saturated rings. The Hall–Kier alpha value is -1.88. The summed E-state index contributed by atoms with van der Waals surface area (Å²) in [5, 5.41) is 0. The Morgan fingerprint density at radius 2 is 1.70 bits per heavy atom. The van der Waals surface area contributed by atoms with Gasteiger partial charge in [-0.15, -0.1) is 0 Å². The van der Waals surface area contributed by atoms with Crippen LogP contribution in [0.3, 0.4) is 0 Å². The molecule has 0 aliphatic carbocycles. The monoisotopic (exact) mass is 316 g/mol. The largest absolute Gasteiger partial charge is 0.378 e. The molecule has 5 heteroatoms. The van der Waals surface area contributed by atoms with Crippen LogP contribution in [-0.2, 0) is 20.7 Å². The first-order chi connectivity index (χ1) is 11.3. The molecule has 2 amide bonds. The molecule has 1 aromatic rings. The zero-order valence-corrected chi connectivity index (χ0v) is 13.5. The minimum Gasteiger partial charge on any atom is -0.378 e. The first-order valence-electron chi connectivity index (χ1n) is 8.49. The van der Waals surface area contributed by atoms with Crippen LogP contribution in [0.15, 0.2) is 24.3 Å². The molecule has 0 aromatic heterocycles. The van der Waals surface area contributed by atoms with Gasteiger partial charge in [-0.3, -0.25) is 9.59 Å². The van der Waals surface area contributed by atoms with Gasteiger partial charge in [-0.05, 0) is 30.9 Å². The van der Waals surface area contributed by atoms with Gasteiger partial charge in [-0.2, -0.15) is 0 Å². The highest BCUT2D eigenvalue weighted by molar-refractivity contribution is 5.96. The molecule has 0 bridgehead atoms. The molecule has 2 aliphatic rings. The molecule has 2 heterocycles. The lowest BCUT2D eigenvalue weighted by Crippen LogP contribution is -2.41. The molecule has 0 N–H and O–H groups in total. The maximum atomic E-state index is 12.6. The van der Waals surface area contributed by atoms with Gasteiger partial charge < -0.3 is 14.5 Å². The molecule has 1 saturated heterocycles. The van der Waals surface area contributed by atoms with Crippen LogP contribution in [0, 0.1) is 0 Å². The lowest BCUT2D eigenvalue weighted by atomic mass is 10.1. The summed E-state index contributed by atoms with van der Waals surface area (Å²) in [6.07, 6.45) is 3.71. The van der Waals surface area contributed by atoms with Crippen molar-refractivity contribution >= 4 is 17.5 Å². The van der Waals surface area contributed by atoms with Crippen molar-refractivity contribution in [2.24, 2.45) is 0 Å². The lowest BCUT2D eigenvalue weighted by Gasteiger charge is -2.27. The fourth-order valence-electron chi connectivity index (χ4n) is 3.27. The minimum absolute atomic E-state index is 0.0564. The van der Waals surface area contributed by atoms with Gasteiger partial charge in [0.25, 0.3) is 0 Å². The number of para-hydroxylation sites is 1. The van der Waals surface area contributed by atoms with Gasteiger partial charge in [0, 0.05) is 38.2 Å². The Labute approximate surface area is 137 Å². The number of ether oxygens (including phenoxy) is 1. The van der Waals surface area contributed by atoms with E-state index in [2.05, 4.69) is 6.07 Å². The summed E-state index contributed by atoms with van der Waals surface area (Å²) in [4.78, 5) is 28.5. The molecule has 2 aliphatic heterocycles. The van der Waals surface area contributed by atoms with Gasteiger partial charge >= 0.3 is 0 Å². The average molecular weight is 316 g/mol. The maximum Gasteiger partial charge on any atom is 0.227 e. The number of benzene rings is 1. The minimum atomic E-state index is 0.0564. The molecule has 5 nitrogen and oxygen atoms in total. The Balaban J connectivity index is 1.60. The third-order valence-electron chi connectivity index (χ3n) is 4.58. The molecule has 0 saturated carbocycles. The molecule has 0 radical (unpaired) electrons. The van der Waals surface area contributed by atoms with Crippen LogP contribution in [-0.4, -0.2) is 49.6 Å². The number of carbonyl (C=O) groups is 2. The third-order valence-corrected chi connectivity index (χ3v) is 4.58. The van der Waals surface area contributed by atoms with Crippen LogP contribution >= 0.6 is 0 Å². The van der Waals surface area contributed by atoms with Crippen LogP contribution < -0.4 is 4.90 Å². The highest BCUT2D eigenvalue weighted by Crippen LogP contribution is 2.26. The molecule has 0 atom stereocenters. The number of hydrogen-bond acceptors (Lipinski definition) is 3. The number of carbonyl (C=O) groups excluding carboxylic acids is 2. The topological polar surface area (TPSA) is 49.9 Å². The van der Waals surface area contributed by atoms with E-state index >= 15 is 0 Å². The van der Waals surface area contributed by atoms with Crippen molar-refractivity contribution in [3.05, 3.63) is 29.8 Å². The Bertz CT molecular complexity index is 567. The quantitative estimate of drug-likeness (QED) is 0.857. The molecule has 3 rings (SSSR count). The lowest BCUT2D eigenvalue weighted by molar-refractivity contribution is -0.136. The molecule has 23 heavy (non-hydrogen) atoms. The number of nitrogens with zero attached hydrogens (tertiary/aromatic N) is 2. The van der Waals surface area contributed by atoms with E-state index in [9.17, 15) is 9.59 Å². The van der Waals surface area contributed by atoms with E-state index in [1.807, 2.05) is 23.1 Å². The van der Waals surface area contributed by atoms with Gasteiger partial charge in [0.2, 0.25) is 11.8 Å². The van der Waals surface area contributed by atoms with E-state index in [4.69, 9.17) is 4.74 Å². The maximum absolute atomic E-state index is 12.6. The van der Waals surface area contributed by atoms with Crippen molar-refractivity contribution in [3.63, 3.8) is 0 Å². The summed E-state index contributed by atoms with van der Waals surface area (Å²) >= 11 is 0. The standard InChI is InChI=1S/C18H24N2O3/c21-17(19-11-13-23-14-12-19)8-9-18(22)20-10-4-3-6-15-5-1-2-7-16(15)20/h1-2,5,7H,3-4,6,8-14H2. The van der Waals surface area contributed by atoms with Gasteiger partial charge in [0.15, 0.2) is 0 Å². The first-order valence-corrected chi connectivity index (χ1v) is 8.49. The number of rotatable bonds is 3. The summed E-state index contributed by atoms with van der Waals surface area (Å²) in [6, 6.07) is 8.11. The average Bonchev–Trinajstić information content (AvgIpc) is 2.82. The molecule has 0 unspecified atom stereocenters. The molecular weight excluding hydrogens is 292 g/mol. The smallest absolute Gasteiger partial charge is 0.227 e. The van der Waals surface area contributed by atoms with Crippen molar-refractivity contribution in [3.8, 4) is 0 Å². The van der Waals surface area contributed by atoms with Gasteiger partial charge in [-0.25, -0.2) is 0 Å². The van der Waals surface area contributed by atoms with E-state index in [1.165, 1.54) is 5.56 Å². The van der Waals surface area contributed by atoms with Crippen molar-refractivity contribution in [2.45, 2.75) is 32.1 Å². The summed E-state index contributed by atoms with van der Waals surface area (Å²) in [7, 11) is 0. The fraction of sp³-hybridized carbons (Fsp3) is 0.556. The zero-order valence-electron chi connectivity index (χ0n) is 13.5. The van der Waals surface area contributed by atoms with E-state index in [0.29, 0.717) is 26.3 Å². The van der Waals surface area contributed by atoms with E-state index in [-0.39, 0.29) is 24.7 Å². The SMILES string of the molecule is O=C(CCC(=O)N1CCCCc2ccccc21)N1CCOCC1. The van der Waals surface area contributed by atoms with Gasteiger partial charge in [-0.1, -0.05) is 18.2 Å². The van der Waals surface area contributed by atoms with Gasteiger partial charge in [0.05, 0.1) is 13.2 Å². The highest BCUT2D eigenvalue weighted by Gasteiger charge is 2.23. The second-order valence-corrected chi connectivity index (χ2v) is 6.12. The number of aryl methyl sites for hydroxylation is 1. The van der Waals surface area contributed by atoms with Crippen LogP contribution in [0.25, 0.3) is 0 Å². The molecule has 124 valence electrons. The Morgan fingerprint density at radius 1 is 0.957 bits per heavy atom. The van der Waals surface area contributed by atoms with Crippen molar-refractivity contribution < 1.29 is 14.3 Å².